The minimum Gasteiger partial charge on any atom is -0.464 e. The van der Waals surface area contributed by atoms with Gasteiger partial charge >= 0.3 is 0 Å². The third-order valence-electron chi connectivity index (χ3n) is 4.46. The Morgan fingerprint density at radius 3 is 2.77 bits per heavy atom. The van der Waals surface area contributed by atoms with Crippen LogP contribution in [-0.4, -0.2) is 49.4 Å². The summed E-state index contributed by atoms with van der Waals surface area (Å²) in [6.07, 6.45) is 2.50. The van der Waals surface area contributed by atoms with Crippen LogP contribution >= 0.6 is 0 Å². The standard InChI is InChI=1S/C15H24N2O4S/c1-3-13-6-7-15(21-13)14-5-4-8-17(14)22(18,19)16-9-10-20-11-12(16)2/h6-7,12,14H,3-5,8-11H2,1-2H3/t12-,14+/m1/s1. The lowest BCUT2D eigenvalue weighted by molar-refractivity contribution is 0.0359. The van der Waals surface area contributed by atoms with E-state index in [4.69, 9.17) is 9.15 Å². The average molecular weight is 328 g/mol. The van der Waals surface area contributed by atoms with E-state index in [0.717, 1.165) is 30.8 Å². The van der Waals surface area contributed by atoms with E-state index in [1.165, 1.54) is 0 Å². The fourth-order valence-corrected chi connectivity index (χ4v) is 5.23. The molecule has 0 aromatic carbocycles. The quantitative estimate of drug-likeness (QED) is 0.847. The number of hydrogen-bond acceptors (Lipinski definition) is 4. The van der Waals surface area contributed by atoms with Crippen LogP contribution in [0.4, 0.5) is 0 Å². The Hall–Kier alpha value is -0.890. The second-order valence-electron chi connectivity index (χ2n) is 5.97. The molecule has 2 atom stereocenters. The Bertz CT molecular complexity index is 613. The van der Waals surface area contributed by atoms with E-state index < -0.39 is 10.2 Å². The maximum atomic E-state index is 13.0. The van der Waals surface area contributed by atoms with Crippen LogP contribution in [0.3, 0.4) is 0 Å². The molecule has 0 N–H and O–H groups in total. The maximum absolute atomic E-state index is 13.0. The fraction of sp³-hybridized carbons (Fsp3) is 0.733. The third kappa shape index (κ3) is 2.82. The molecule has 0 radical (unpaired) electrons. The van der Waals surface area contributed by atoms with Gasteiger partial charge in [-0.05, 0) is 31.9 Å². The third-order valence-corrected chi connectivity index (χ3v) is 6.63. The molecule has 0 bridgehead atoms. The van der Waals surface area contributed by atoms with Gasteiger partial charge in [-0.15, -0.1) is 0 Å². The lowest BCUT2D eigenvalue weighted by Crippen LogP contribution is -2.52. The van der Waals surface area contributed by atoms with Gasteiger partial charge in [-0.3, -0.25) is 0 Å². The van der Waals surface area contributed by atoms with E-state index in [1.54, 1.807) is 8.61 Å². The number of hydrogen-bond donors (Lipinski definition) is 0. The largest absolute Gasteiger partial charge is 0.464 e. The molecule has 2 aliphatic heterocycles. The van der Waals surface area contributed by atoms with E-state index in [2.05, 4.69) is 0 Å². The van der Waals surface area contributed by atoms with Crippen LogP contribution in [0.2, 0.25) is 0 Å². The van der Waals surface area contributed by atoms with Crippen molar-refractivity contribution in [1.82, 2.24) is 8.61 Å². The Balaban J connectivity index is 1.85. The predicted molar refractivity (Wildman–Crippen MR) is 82.7 cm³/mol. The molecule has 3 heterocycles. The zero-order chi connectivity index (χ0) is 15.7. The zero-order valence-corrected chi connectivity index (χ0v) is 14.0. The molecule has 3 rings (SSSR count). The fourth-order valence-electron chi connectivity index (χ4n) is 3.25. The van der Waals surface area contributed by atoms with Gasteiger partial charge in [0.1, 0.15) is 11.5 Å². The molecule has 0 aliphatic carbocycles. The molecule has 0 amide bonds. The highest BCUT2D eigenvalue weighted by atomic mass is 32.2. The first-order chi connectivity index (χ1) is 10.5. The maximum Gasteiger partial charge on any atom is 0.283 e. The van der Waals surface area contributed by atoms with Gasteiger partial charge in [0.05, 0.1) is 19.3 Å². The summed E-state index contributed by atoms with van der Waals surface area (Å²) in [5.41, 5.74) is 0. The van der Waals surface area contributed by atoms with Crippen LogP contribution in [-0.2, 0) is 21.4 Å². The monoisotopic (exact) mass is 328 g/mol. The molecule has 2 saturated heterocycles. The number of morpholine rings is 1. The lowest BCUT2D eigenvalue weighted by atomic mass is 10.2. The second-order valence-corrected chi connectivity index (χ2v) is 7.80. The minimum absolute atomic E-state index is 0.122. The van der Waals surface area contributed by atoms with Gasteiger partial charge in [0.15, 0.2) is 0 Å². The van der Waals surface area contributed by atoms with E-state index in [-0.39, 0.29) is 12.1 Å². The molecule has 2 fully saturated rings. The molecule has 0 unspecified atom stereocenters. The van der Waals surface area contributed by atoms with Crippen LogP contribution in [0.1, 0.15) is 44.3 Å². The summed E-state index contributed by atoms with van der Waals surface area (Å²) in [5, 5.41) is 0. The molecule has 7 heteroatoms. The van der Waals surface area contributed by atoms with E-state index in [1.807, 2.05) is 26.0 Å². The number of nitrogens with zero attached hydrogens (tertiary/aromatic N) is 2. The normalized spacial score (nSPS) is 28.3. The number of rotatable bonds is 4. The van der Waals surface area contributed by atoms with Gasteiger partial charge in [0, 0.05) is 25.6 Å². The van der Waals surface area contributed by atoms with Crippen molar-refractivity contribution in [2.45, 2.75) is 45.2 Å². The lowest BCUT2D eigenvalue weighted by Gasteiger charge is -2.36. The summed E-state index contributed by atoms with van der Waals surface area (Å²) in [7, 11) is -3.48. The van der Waals surface area contributed by atoms with Crippen LogP contribution in [0.25, 0.3) is 0 Å². The predicted octanol–water partition coefficient (Wildman–Crippen LogP) is 1.94. The van der Waals surface area contributed by atoms with Crippen molar-refractivity contribution in [2.75, 3.05) is 26.3 Å². The highest BCUT2D eigenvalue weighted by molar-refractivity contribution is 7.86. The Morgan fingerprint density at radius 1 is 1.27 bits per heavy atom. The second kappa shape index (κ2) is 6.31. The van der Waals surface area contributed by atoms with Gasteiger partial charge in [-0.1, -0.05) is 6.92 Å². The Morgan fingerprint density at radius 2 is 2.09 bits per heavy atom. The van der Waals surface area contributed by atoms with E-state index in [9.17, 15) is 8.42 Å². The highest BCUT2D eigenvalue weighted by Gasteiger charge is 2.42. The first kappa shape index (κ1) is 16.0. The highest BCUT2D eigenvalue weighted by Crippen LogP contribution is 2.36. The summed E-state index contributed by atoms with van der Waals surface area (Å²) in [6, 6.07) is 3.55. The van der Waals surface area contributed by atoms with Gasteiger partial charge < -0.3 is 9.15 Å². The summed E-state index contributed by atoms with van der Waals surface area (Å²) >= 11 is 0. The van der Waals surface area contributed by atoms with Crippen molar-refractivity contribution < 1.29 is 17.6 Å². The van der Waals surface area contributed by atoms with Crippen LogP contribution < -0.4 is 0 Å². The molecule has 22 heavy (non-hydrogen) atoms. The molecule has 2 aliphatic rings. The first-order valence-electron chi connectivity index (χ1n) is 7.99. The molecular formula is C15H24N2O4S. The zero-order valence-electron chi connectivity index (χ0n) is 13.2. The first-order valence-corrected chi connectivity index (χ1v) is 9.38. The summed E-state index contributed by atoms with van der Waals surface area (Å²) in [4.78, 5) is 0. The van der Waals surface area contributed by atoms with Gasteiger partial charge in [0.25, 0.3) is 10.2 Å². The topological polar surface area (TPSA) is 63.0 Å². The summed E-state index contributed by atoms with van der Waals surface area (Å²) < 4.78 is 40.4. The Labute approximate surface area is 132 Å². The molecular weight excluding hydrogens is 304 g/mol. The molecule has 0 spiro atoms. The SMILES string of the molecule is CCc1ccc([C@@H]2CCCN2S(=O)(=O)N2CCOC[C@H]2C)o1. The van der Waals surface area contributed by atoms with Crippen molar-refractivity contribution in [3.8, 4) is 0 Å². The van der Waals surface area contributed by atoms with Crippen molar-refractivity contribution in [3.05, 3.63) is 23.7 Å². The van der Waals surface area contributed by atoms with Crippen LogP contribution in [0.15, 0.2) is 16.5 Å². The molecule has 1 aromatic rings. The molecule has 124 valence electrons. The van der Waals surface area contributed by atoms with Crippen molar-refractivity contribution in [3.63, 3.8) is 0 Å². The van der Waals surface area contributed by atoms with E-state index in [0.29, 0.717) is 26.3 Å². The number of ether oxygens (including phenoxy) is 1. The smallest absolute Gasteiger partial charge is 0.283 e. The number of aryl methyl sites for hydroxylation is 1. The van der Waals surface area contributed by atoms with Gasteiger partial charge in [0.2, 0.25) is 0 Å². The van der Waals surface area contributed by atoms with Crippen molar-refractivity contribution in [1.29, 1.82) is 0 Å². The average Bonchev–Trinajstić information content (AvgIpc) is 3.16. The van der Waals surface area contributed by atoms with Gasteiger partial charge in [-0.2, -0.15) is 17.0 Å². The van der Waals surface area contributed by atoms with Crippen LogP contribution in [0.5, 0.6) is 0 Å². The number of furan rings is 1. The molecule has 1 aromatic heterocycles. The van der Waals surface area contributed by atoms with Crippen molar-refractivity contribution in [2.24, 2.45) is 0 Å². The summed E-state index contributed by atoms with van der Waals surface area (Å²) in [5.74, 6) is 1.66. The Kier molecular flexibility index (Phi) is 4.59. The minimum atomic E-state index is -3.48. The molecule has 0 saturated carbocycles. The van der Waals surface area contributed by atoms with E-state index >= 15 is 0 Å². The van der Waals surface area contributed by atoms with Crippen molar-refractivity contribution >= 4 is 10.2 Å². The molecule has 6 nitrogen and oxygen atoms in total. The van der Waals surface area contributed by atoms with Crippen LogP contribution in [0, 0.1) is 0 Å². The van der Waals surface area contributed by atoms with Gasteiger partial charge in [-0.25, -0.2) is 0 Å². The summed E-state index contributed by atoms with van der Waals surface area (Å²) in [6.45, 7) is 5.82.